The quantitative estimate of drug-likeness (QED) is 0.741. The number of rotatable bonds is 4. The van der Waals surface area contributed by atoms with Gasteiger partial charge in [-0.25, -0.2) is 4.98 Å². The fourth-order valence-corrected chi connectivity index (χ4v) is 1.10. The molecule has 0 unspecified atom stereocenters. The molecular weight excluding hydrogens is 223 g/mol. The number of halogens is 3. The zero-order chi connectivity index (χ0) is 12.2. The minimum Gasteiger partial charge on any atom is -0.395 e. The summed E-state index contributed by atoms with van der Waals surface area (Å²) >= 11 is 0. The van der Waals surface area contributed by atoms with Crippen molar-refractivity contribution in [3.05, 3.63) is 17.7 Å². The number of pyridine rings is 1. The Morgan fingerprint density at radius 3 is 2.44 bits per heavy atom. The molecule has 90 valence electrons. The summed E-state index contributed by atoms with van der Waals surface area (Å²) in [4.78, 5) is 3.87. The molecular formula is C9H12F3N3O. The van der Waals surface area contributed by atoms with Crippen molar-refractivity contribution in [2.75, 3.05) is 30.8 Å². The van der Waals surface area contributed by atoms with Gasteiger partial charge in [-0.05, 0) is 12.1 Å². The molecule has 0 radical (unpaired) electrons. The van der Waals surface area contributed by atoms with Crippen LogP contribution in [0.1, 0.15) is 5.56 Å². The maximum Gasteiger partial charge on any atom is 0.416 e. The molecule has 0 bridgehead atoms. The van der Waals surface area contributed by atoms with Gasteiger partial charge in [0.25, 0.3) is 0 Å². The van der Waals surface area contributed by atoms with E-state index in [0.717, 1.165) is 12.1 Å². The summed E-state index contributed by atoms with van der Waals surface area (Å²) < 4.78 is 37.4. The molecule has 1 aromatic rings. The second-order valence-corrected chi connectivity index (χ2v) is 3.02. The van der Waals surface area contributed by atoms with E-state index in [1.54, 1.807) is 0 Å². The topological polar surface area (TPSA) is 57.2 Å². The molecule has 0 aliphatic carbocycles. The minimum absolute atomic E-state index is 0.0771. The molecule has 0 amide bonds. The molecule has 4 nitrogen and oxygen atoms in total. The van der Waals surface area contributed by atoms with Gasteiger partial charge < -0.3 is 15.7 Å². The number of hydrogen-bond donors (Lipinski definition) is 3. The van der Waals surface area contributed by atoms with Crippen molar-refractivity contribution < 1.29 is 18.3 Å². The highest BCUT2D eigenvalue weighted by atomic mass is 19.4. The van der Waals surface area contributed by atoms with E-state index in [9.17, 15) is 13.2 Å². The van der Waals surface area contributed by atoms with E-state index < -0.39 is 11.7 Å². The van der Waals surface area contributed by atoms with Gasteiger partial charge in [-0.1, -0.05) is 0 Å². The second kappa shape index (κ2) is 5.02. The maximum absolute atomic E-state index is 12.5. The average molecular weight is 235 g/mol. The Bertz CT molecular complexity index is 354. The number of nitrogens with zero attached hydrogens (tertiary/aromatic N) is 1. The first-order valence-corrected chi connectivity index (χ1v) is 4.59. The van der Waals surface area contributed by atoms with Gasteiger partial charge in [-0.15, -0.1) is 0 Å². The lowest BCUT2D eigenvalue weighted by molar-refractivity contribution is -0.137. The molecule has 1 heterocycles. The fraction of sp³-hybridized carbons (Fsp3) is 0.444. The third kappa shape index (κ3) is 3.27. The van der Waals surface area contributed by atoms with Gasteiger partial charge in [-0.3, -0.25) is 0 Å². The zero-order valence-corrected chi connectivity index (χ0v) is 8.60. The highest BCUT2D eigenvalue weighted by molar-refractivity contribution is 5.49. The lowest BCUT2D eigenvalue weighted by Gasteiger charge is -2.11. The molecule has 0 saturated carbocycles. The zero-order valence-electron chi connectivity index (χ0n) is 8.60. The average Bonchev–Trinajstić information content (AvgIpc) is 2.24. The monoisotopic (exact) mass is 235 g/mol. The van der Waals surface area contributed by atoms with Crippen LogP contribution in [0.2, 0.25) is 0 Å². The van der Waals surface area contributed by atoms with E-state index in [0.29, 0.717) is 0 Å². The minimum atomic E-state index is -4.41. The van der Waals surface area contributed by atoms with Crippen LogP contribution in [0, 0.1) is 0 Å². The second-order valence-electron chi connectivity index (χ2n) is 3.02. The maximum atomic E-state index is 12.5. The number of alkyl halides is 3. The molecule has 0 aliphatic heterocycles. The Labute approximate surface area is 90.5 Å². The first-order valence-electron chi connectivity index (χ1n) is 4.59. The molecule has 0 aromatic carbocycles. The van der Waals surface area contributed by atoms with E-state index >= 15 is 0 Å². The number of nitrogens with one attached hydrogen (secondary N) is 2. The number of aliphatic hydroxyl groups is 1. The summed E-state index contributed by atoms with van der Waals surface area (Å²) in [6.45, 7) is -0.0235. The molecule has 0 aliphatic rings. The molecule has 0 fully saturated rings. The number of anilines is 2. The SMILES string of the molecule is CNc1cc(C(F)(F)F)cc(NCCO)n1. The van der Waals surface area contributed by atoms with Crippen molar-refractivity contribution in [3.8, 4) is 0 Å². The lowest BCUT2D eigenvalue weighted by atomic mass is 10.2. The first-order chi connectivity index (χ1) is 7.47. The Hall–Kier alpha value is -1.50. The summed E-state index contributed by atoms with van der Waals surface area (Å²) in [6.07, 6.45) is -4.41. The van der Waals surface area contributed by atoms with E-state index in [1.165, 1.54) is 7.05 Å². The van der Waals surface area contributed by atoms with Crippen LogP contribution in [0.5, 0.6) is 0 Å². The van der Waals surface area contributed by atoms with Gasteiger partial charge in [0.1, 0.15) is 11.6 Å². The van der Waals surface area contributed by atoms with Crippen LogP contribution < -0.4 is 10.6 Å². The van der Waals surface area contributed by atoms with Crippen LogP contribution in [0.25, 0.3) is 0 Å². The standard InChI is InChI=1S/C9H12F3N3O/c1-13-7-4-6(9(10,11)12)5-8(15-7)14-2-3-16/h4-5,16H,2-3H2,1H3,(H2,13,14,15). The van der Waals surface area contributed by atoms with Crippen LogP contribution in [0.4, 0.5) is 24.8 Å². The van der Waals surface area contributed by atoms with Crippen LogP contribution >= 0.6 is 0 Å². The van der Waals surface area contributed by atoms with Gasteiger partial charge in [0.2, 0.25) is 0 Å². The largest absolute Gasteiger partial charge is 0.416 e. The van der Waals surface area contributed by atoms with Crippen LogP contribution in [0.15, 0.2) is 12.1 Å². The summed E-state index contributed by atoms with van der Waals surface area (Å²) in [5, 5.41) is 13.7. The molecule has 0 spiro atoms. The van der Waals surface area contributed by atoms with Gasteiger partial charge in [0.05, 0.1) is 12.2 Å². The van der Waals surface area contributed by atoms with Crippen molar-refractivity contribution in [3.63, 3.8) is 0 Å². The third-order valence-electron chi connectivity index (χ3n) is 1.83. The molecule has 3 N–H and O–H groups in total. The highest BCUT2D eigenvalue weighted by Crippen LogP contribution is 2.31. The predicted molar refractivity (Wildman–Crippen MR) is 54.4 cm³/mol. The molecule has 1 aromatic heterocycles. The van der Waals surface area contributed by atoms with Crippen molar-refractivity contribution in [2.45, 2.75) is 6.18 Å². The van der Waals surface area contributed by atoms with E-state index in [-0.39, 0.29) is 24.8 Å². The van der Waals surface area contributed by atoms with E-state index in [4.69, 9.17) is 5.11 Å². The molecule has 0 atom stereocenters. The number of hydrogen-bond acceptors (Lipinski definition) is 4. The van der Waals surface area contributed by atoms with Crippen LogP contribution in [-0.4, -0.2) is 30.3 Å². The third-order valence-corrected chi connectivity index (χ3v) is 1.83. The van der Waals surface area contributed by atoms with Crippen LogP contribution in [-0.2, 0) is 6.18 Å². The summed E-state index contributed by atoms with van der Waals surface area (Å²) in [6, 6.07) is 1.82. The Balaban J connectivity index is 3.01. The molecule has 1 rings (SSSR count). The van der Waals surface area contributed by atoms with Gasteiger partial charge in [0, 0.05) is 13.6 Å². The fourth-order valence-electron chi connectivity index (χ4n) is 1.10. The van der Waals surface area contributed by atoms with Gasteiger partial charge in [-0.2, -0.15) is 13.2 Å². The van der Waals surface area contributed by atoms with E-state index in [1.807, 2.05) is 0 Å². The number of aliphatic hydroxyl groups excluding tert-OH is 1. The summed E-state index contributed by atoms with van der Waals surface area (Å²) in [7, 11) is 1.48. The molecule has 0 saturated heterocycles. The molecule has 7 heteroatoms. The van der Waals surface area contributed by atoms with Gasteiger partial charge in [0.15, 0.2) is 0 Å². The summed E-state index contributed by atoms with van der Waals surface area (Å²) in [5.41, 5.74) is -0.785. The highest BCUT2D eigenvalue weighted by Gasteiger charge is 2.31. The Kier molecular flexibility index (Phi) is 3.94. The van der Waals surface area contributed by atoms with Crippen molar-refractivity contribution in [1.82, 2.24) is 4.98 Å². The lowest BCUT2D eigenvalue weighted by Crippen LogP contribution is -2.11. The predicted octanol–water partition coefficient (Wildman–Crippen LogP) is 1.55. The Morgan fingerprint density at radius 1 is 1.31 bits per heavy atom. The van der Waals surface area contributed by atoms with Crippen molar-refractivity contribution >= 4 is 11.6 Å². The van der Waals surface area contributed by atoms with Crippen molar-refractivity contribution in [2.24, 2.45) is 0 Å². The first kappa shape index (κ1) is 12.6. The summed E-state index contributed by atoms with van der Waals surface area (Å²) in [5.74, 6) is 0.198. The number of aromatic nitrogens is 1. The van der Waals surface area contributed by atoms with Crippen LogP contribution in [0.3, 0.4) is 0 Å². The smallest absolute Gasteiger partial charge is 0.395 e. The Morgan fingerprint density at radius 2 is 1.94 bits per heavy atom. The van der Waals surface area contributed by atoms with E-state index in [2.05, 4.69) is 15.6 Å². The molecule has 16 heavy (non-hydrogen) atoms. The normalized spacial score (nSPS) is 11.3. The van der Waals surface area contributed by atoms with Gasteiger partial charge >= 0.3 is 6.18 Å². The van der Waals surface area contributed by atoms with Crippen molar-refractivity contribution in [1.29, 1.82) is 0 Å².